The van der Waals surface area contributed by atoms with Crippen molar-refractivity contribution in [2.24, 2.45) is 0 Å². The van der Waals surface area contributed by atoms with Crippen molar-refractivity contribution in [1.82, 2.24) is 0 Å². The van der Waals surface area contributed by atoms with Crippen LogP contribution in [-0.4, -0.2) is 18.4 Å². The van der Waals surface area contributed by atoms with E-state index < -0.39 is 0 Å². The minimum absolute atomic E-state index is 0.227. The molecule has 2 rings (SSSR count). The van der Waals surface area contributed by atoms with Crippen LogP contribution >= 0.6 is 0 Å². The summed E-state index contributed by atoms with van der Waals surface area (Å²) >= 11 is 0. The first kappa shape index (κ1) is 15.9. The molecule has 0 spiro atoms. The van der Waals surface area contributed by atoms with E-state index in [4.69, 9.17) is 4.74 Å². The predicted molar refractivity (Wildman–Crippen MR) is 87.0 cm³/mol. The lowest BCUT2D eigenvalue weighted by Crippen LogP contribution is -2.37. The van der Waals surface area contributed by atoms with Gasteiger partial charge in [0.05, 0.1) is 12.2 Å². The first-order valence-electron chi connectivity index (χ1n) is 8.33. The maximum atomic E-state index is 12.2. The Morgan fingerprint density at radius 2 is 1.86 bits per heavy atom. The van der Waals surface area contributed by atoms with Gasteiger partial charge in [-0.05, 0) is 18.6 Å². The molecule has 1 aromatic rings. The summed E-state index contributed by atoms with van der Waals surface area (Å²) in [6, 6.07) is 7.79. The number of ketones is 1. The highest BCUT2D eigenvalue weighted by molar-refractivity contribution is 5.85. The number of carbonyl (C=O) groups is 1. The molecule has 0 saturated carbocycles. The van der Waals surface area contributed by atoms with Crippen LogP contribution in [0.2, 0.25) is 0 Å². The Morgan fingerprint density at radius 1 is 1.14 bits per heavy atom. The van der Waals surface area contributed by atoms with Gasteiger partial charge in [-0.25, -0.2) is 0 Å². The van der Waals surface area contributed by atoms with Crippen molar-refractivity contribution >= 4 is 11.5 Å². The van der Waals surface area contributed by atoms with E-state index in [-0.39, 0.29) is 11.9 Å². The van der Waals surface area contributed by atoms with E-state index in [9.17, 15) is 4.79 Å². The standard InChI is InChI=1S/C18H27NO2/c1-2-3-4-5-6-7-8-12-16(20)18-14-19-15-11-9-10-13-17(15)21-18/h9-11,13,18-19H,2-8,12,14H2,1H3. The number of hydrogen-bond acceptors (Lipinski definition) is 3. The molecule has 1 aliphatic rings. The van der Waals surface area contributed by atoms with Gasteiger partial charge in [-0.1, -0.05) is 57.6 Å². The van der Waals surface area contributed by atoms with E-state index in [2.05, 4.69) is 12.2 Å². The Kier molecular flexibility index (Phi) is 6.58. The van der Waals surface area contributed by atoms with Crippen molar-refractivity contribution in [2.45, 2.75) is 64.4 Å². The van der Waals surface area contributed by atoms with Crippen molar-refractivity contribution in [3.8, 4) is 5.75 Å². The van der Waals surface area contributed by atoms with Crippen LogP contribution in [0.4, 0.5) is 5.69 Å². The van der Waals surface area contributed by atoms with Crippen LogP contribution in [0.15, 0.2) is 24.3 Å². The number of benzene rings is 1. The molecular formula is C18H27NO2. The number of anilines is 1. The summed E-state index contributed by atoms with van der Waals surface area (Å²) in [5.41, 5.74) is 0.984. The molecule has 1 atom stereocenters. The summed E-state index contributed by atoms with van der Waals surface area (Å²) in [5, 5.41) is 3.27. The van der Waals surface area contributed by atoms with Gasteiger partial charge in [0.2, 0.25) is 0 Å². The molecular weight excluding hydrogens is 262 g/mol. The van der Waals surface area contributed by atoms with Crippen LogP contribution in [0.25, 0.3) is 0 Å². The monoisotopic (exact) mass is 289 g/mol. The predicted octanol–water partition coefficient (Wildman–Crippen LogP) is 4.57. The first-order valence-corrected chi connectivity index (χ1v) is 8.33. The number of rotatable bonds is 9. The summed E-state index contributed by atoms with van der Waals surface area (Å²) < 4.78 is 5.79. The average Bonchev–Trinajstić information content (AvgIpc) is 2.53. The van der Waals surface area contributed by atoms with Gasteiger partial charge in [-0.2, -0.15) is 0 Å². The van der Waals surface area contributed by atoms with E-state index in [1.807, 2.05) is 24.3 Å². The maximum Gasteiger partial charge on any atom is 0.175 e. The van der Waals surface area contributed by atoms with Crippen molar-refractivity contribution in [2.75, 3.05) is 11.9 Å². The highest BCUT2D eigenvalue weighted by Gasteiger charge is 2.24. The van der Waals surface area contributed by atoms with Gasteiger partial charge in [-0.3, -0.25) is 4.79 Å². The van der Waals surface area contributed by atoms with Crippen molar-refractivity contribution in [1.29, 1.82) is 0 Å². The number of Topliss-reactive ketones (excluding diaryl/α,β-unsaturated/α-hetero) is 1. The van der Waals surface area contributed by atoms with Crippen molar-refractivity contribution in [3.05, 3.63) is 24.3 Å². The third-order valence-corrected chi connectivity index (χ3v) is 4.02. The molecule has 0 aliphatic carbocycles. The summed E-state index contributed by atoms with van der Waals surface area (Å²) in [4.78, 5) is 12.2. The third kappa shape index (κ3) is 5.07. The zero-order valence-corrected chi connectivity index (χ0v) is 13.1. The van der Waals surface area contributed by atoms with E-state index >= 15 is 0 Å². The number of ether oxygens (including phenoxy) is 1. The zero-order chi connectivity index (χ0) is 14.9. The summed E-state index contributed by atoms with van der Waals surface area (Å²) in [5.74, 6) is 1.02. The Bertz CT molecular complexity index is 445. The maximum absolute atomic E-state index is 12.2. The number of nitrogens with one attached hydrogen (secondary N) is 1. The zero-order valence-electron chi connectivity index (χ0n) is 13.1. The van der Waals surface area contributed by atoms with Crippen molar-refractivity contribution < 1.29 is 9.53 Å². The SMILES string of the molecule is CCCCCCCCCC(=O)C1CNc2ccccc2O1. The van der Waals surface area contributed by atoms with Gasteiger partial charge in [0, 0.05) is 6.42 Å². The smallest absolute Gasteiger partial charge is 0.175 e. The second kappa shape index (κ2) is 8.71. The minimum Gasteiger partial charge on any atom is -0.479 e. The molecule has 0 amide bonds. The Balaban J connectivity index is 1.64. The van der Waals surface area contributed by atoms with Crippen LogP contribution in [0.1, 0.15) is 58.3 Å². The lowest BCUT2D eigenvalue weighted by atomic mass is 10.0. The normalized spacial score (nSPS) is 16.7. The molecule has 0 saturated heterocycles. The Labute approximate surface area is 128 Å². The fourth-order valence-electron chi connectivity index (χ4n) is 2.71. The summed E-state index contributed by atoms with van der Waals surface area (Å²) in [6.45, 7) is 2.82. The van der Waals surface area contributed by atoms with Crippen LogP contribution in [0, 0.1) is 0 Å². The molecule has 1 aliphatic heterocycles. The Hall–Kier alpha value is -1.51. The number of fused-ring (bicyclic) bond motifs is 1. The molecule has 3 nitrogen and oxygen atoms in total. The molecule has 0 radical (unpaired) electrons. The minimum atomic E-state index is -0.319. The number of hydrogen-bond donors (Lipinski definition) is 1. The van der Waals surface area contributed by atoms with E-state index in [1.54, 1.807) is 0 Å². The average molecular weight is 289 g/mol. The molecule has 1 heterocycles. The molecule has 0 bridgehead atoms. The number of carbonyl (C=O) groups excluding carboxylic acids is 1. The Morgan fingerprint density at radius 3 is 2.67 bits per heavy atom. The summed E-state index contributed by atoms with van der Waals surface area (Å²) in [7, 11) is 0. The molecule has 3 heteroatoms. The molecule has 21 heavy (non-hydrogen) atoms. The van der Waals surface area contributed by atoms with Gasteiger partial charge < -0.3 is 10.1 Å². The van der Waals surface area contributed by atoms with Gasteiger partial charge in [0.1, 0.15) is 5.75 Å². The largest absolute Gasteiger partial charge is 0.479 e. The second-order valence-electron chi connectivity index (χ2n) is 5.82. The summed E-state index contributed by atoms with van der Waals surface area (Å²) in [6.07, 6.45) is 8.97. The fraction of sp³-hybridized carbons (Fsp3) is 0.611. The van der Waals surface area contributed by atoms with Crippen LogP contribution in [-0.2, 0) is 4.79 Å². The van der Waals surface area contributed by atoms with E-state index in [0.29, 0.717) is 13.0 Å². The second-order valence-corrected chi connectivity index (χ2v) is 5.82. The fourth-order valence-corrected chi connectivity index (χ4v) is 2.71. The van der Waals surface area contributed by atoms with Crippen LogP contribution in [0.5, 0.6) is 5.75 Å². The van der Waals surface area contributed by atoms with Crippen molar-refractivity contribution in [3.63, 3.8) is 0 Å². The van der Waals surface area contributed by atoms with Crippen LogP contribution < -0.4 is 10.1 Å². The quantitative estimate of drug-likeness (QED) is 0.677. The topological polar surface area (TPSA) is 38.3 Å². The molecule has 1 unspecified atom stereocenters. The molecule has 116 valence electrons. The van der Waals surface area contributed by atoms with Gasteiger partial charge >= 0.3 is 0 Å². The van der Waals surface area contributed by atoms with Gasteiger partial charge in [0.15, 0.2) is 11.9 Å². The molecule has 1 aromatic carbocycles. The lowest BCUT2D eigenvalue weighted by Gasteiger charge is -2.26. The van der Waals surface area contributed by atoms with Gasteiger partial charge in [-0.15, -0.1) is 0 Å². The molecule has 1 N–H and O–H groups in total. The highest BCUT2D eigenvalue weighted by atomic mass is 16.5. The number of para-hydroxylation sites is 2. The van der Waals surface area contributed by atoms with E-state index in [0.717, 1.165) is 24.3 Å². The first-order chi connectivity index (χ1) is 10.3. The highest BCUT2D eigenvalue weighted by Crippen LogP contribution is 2.28. The van der Waals surface area contributed by atoms with E-state index in [1.165, 1.54) is 32.1 Å². The lowest BCUT2D eigenvalue weighted by molar-refractivity contribution is -0.125. The number of unbranched alkanes of at least 4 members (excludes halogenated alkanes) is 6. The van der Waals surface area contributed by atoms with Gasteiger partial charge in [0.25, 0.3) is 0 Å². The molecule has 0 aromatic heterocycles. The third-order valence-electron chi connectivity index (χ3n) is 4.02. The van der Waals surface area contributed by atoms with Crippen LogP contribution in [0.3, 0.4) is 0 Å². The molecule has 0 fully saturated rings.